The molecule has 0 heterocycles. The first-order chi connectivity index (χ1) is 16.1. The van der Waals surface area contributed by atoms with E-state index in [2.05, 4.69) is 16.0 Å². The molecule has 2 amide bonds. The third-order valence-corrected chi connectivity index (χ3v) is 5.60. The SMILES string of the molecule is O=C(CCNc1ccc(C(F)(F)F)cc1[N+](=O)[O-])NCc1cccc(NC(=O)C2CCCC2)c1. The number of hydrogen-bond donors (Lipinski definition) is 3. The van der Waals surface area contributed by atoms with Crippen LogP contribution in [-0.2, 0) is 22.3 Å². The van der Waals surface area contributed by atoms with Gasteiger partial charge in [0.15, 0.2) is 0 Å². The summed E-state index contributed by atoms with van der Waals surface area (Å²) in [7, 11) is 0. The Bertz CT molecular complexity index is 1050. The number of alkyl halides is 3. The lowest BCUT2D eigenvalue weighted by atomic mass is 10.1. The fourth-order valence-electron chi connectivity index (χ4n) is 3.80. The van der Waals surface area contributed by atoms with E-state index in [0.29, 0.717) is 11.8 Å². The van der Waals surface area contributed by atoms with Crippen molar-refractivity contribution in [3.63, 3.8) is 0 Å². The highest BCUT2D eigenvalue weighted by atomic mass is 19.4. The molecule has 0 unspecified atom stereocenters. The maximum atomic E-state index is 12.8. The van der Waals surface area contributed by atoms with Crippen LogP contribution in [0.1, 0.15) is 43.2 Å². The smallest absolute Gasteiger partial charge is 0.379 e. The van der Waals surface area contributed by atoms with Gasteiger partial charge in [0.25, 0.3) is 5.69 Å². The fraction of sp³-hybridized carbons (Fsp3) is 0.391. The normalized spacial score (nSPS) is 14.0. The summed E-state index contributed by atoms with van der Waals surface area (Å²) in [5.41, 5.74) is -0.504. The molecule has 2 aromatic rings. The molecule has 1 aliphatic rings. The van der Waals surface area contributed by atoms with Crippen molar-refractivity contribution in [3.8, 4) is 0 Å². The van der Waals surface area contributed by atoms with Gasteiger partial charge in [-0.2, -0.15) is 13.2 Å². The van der Waals surface area contributed by atoms with E-state index in [9.17, 15) is 32.9 Å². The predicted molar refractivity (Wildman–Crippen MR) is 120 cm³/mol. The van der Waals surface area contributed by atoms with Crippen molar-refractivity contribution < 1.29 is 27.7 Å². The molecule has 182 valence electrons. The van der Waals surface area contributed by atoms with E-state index < -0.39 is 22.4 Å². The Kier molecular flexibility index (Phi) is 8.08. The Balaban J connectivity index is 1.48. The summed E-state index contributed by atoms with van der Waals surface area (Å²) in [6.07, 6.45) is -0.830. The van der Waals surface area contributed by atoms with E-state index in [4.69, 9.17) is 0 Å². The third-order valence-electron chi connectivity index (χ3n) is 5.60. The number of hydrogen-bond acceptors (Lipinski definition) is 5. The molecule has 2 aromatic carbocycles. The van der Waals surface area contributed by atoms with Gasteiger partial charge in [-0.1, -0.05) is 25.0 Å². The van der Waals surface area contributed by atoms with Crippen LogP contribution >= 0.6 is 0 Å². The summed E-state index contributed by atoms with van der Waals surface area (Å²) < 4.78 is 38.4. The van der Waals surface area contributed by atoms with Crippen LogP contribution < -0.4 is 16.0 Å². The topological polar surface area (TPSA) is 113 Å². The van der Waals surface area contributed by atoms with Crippen molar-refractivity contribution in [2.75, 3.05) is 17.2 Å². The molecule has 0 aromatic heterocycles. The van der Waals surface area contributed by atoms with Crippen molar-refractivity contribution in [1.29, 1.82) is 0 Å². The highest BCUT2D eigenvalue weighted by molar-refractivity contribution is 5.92. The monoisotopic (exact) mass is 478 g/mol. The minimum Gasteiger partial charge on any atom is -0.379 e. The van der Waals surface area contributed by atoms with Gasteiger partial charge < -0.3 is 16.0 Å². The van der Waals surface area contributed by atoms with E-state index >= 15 is 0 Å². The lowest BCUT2D eigenvalue weighted by molar-refractivity contribution is -0.384. The average Bonchev–Trinajstić information content (AvgIpc) is 3.32. The summed E-state index contributed by atoms with van der Waals surface area (Å²) in [4.78, 5) is 34.6. The Morgan fingerprint density at radius 2 is 1.82 bits per heavy atom. The van der Waals surface area contributed by atoms with Crippen molar-refractivity contribution in [3.05, 3.63) is 63.7 Å². The quantitative estimate of drug-likeness (QED) is 0.352. The second kappa shape index (κ2) is 11.0. The van der Waals surface area contributed by atoms with Gasteiger partial charge in [-0.3, -0.25) is 19.7 Å². The van der Waals surface area contributed by atoms with Gasteiger partial charge in [0, 0.05) is 37.2 Å². The Morgan fingerprint density at radius 3 is 2.50 bits per heavy atom. The molecule has 0 radical (unpaired) electrons. The maximum absolute atomic E-state index is 12.8. The van der Waals surface area contributed by atoms with Gasteiger partial charge in [0.05, 0.1) is 10.5 Å². The highest BCUT2D eigenvalue weighted by Crippen LogP contribution is 2.35. The number of nitrogens with zero attached hydrogens (tertiary/aromatic N) is 1. The number of nitro groups is 1. The van der Waals surface area contributed by atoms with Gasteiger partial charge in [-0.15, -0.1) is 0 Å². The molecule has 1 aliphatic carbocycles. The van der Waals surface area contributed by atoms with E-state index in [0.717, 1.165) is 43.4 Å². The fourth-order valence-corrected chi connectivity index (χ4v) is 3.80. The molecule has 3 rings (SSSR count). The summed E-state index contributed by atoms with van der Waals surface area (Å²) in [6.45, 7) is 0.210. The van der Waals surface area contributed by atoms with Crippen molar-refractivity contribution in [2.45, 2.75) is 44.8 Å². The van der Waals surface area contributed by atoms with Crippen LogP contribution in [0.25, 0.3) is 0 Å². The summed E-state index contributed by atoms with van der Waals surface area (Å²) in [5, 5.41) is 19.4. The van der Waals surface area contributed by atoms with Crippen LogP contribution in [0.3, 0.4) is 0 Å². The Hall–Kier alpha value is -3.63. The largest absolute Gasteiger partial charge is 0.416 e. The van der Waals surface area contributed by atoms with E-state index in [1.807, 2.05) is 0 Å². The number of nitrogens with one attached hydrogen (secondary N) is 3. The zero-order valence-electron chi connectivity index (χ0n) is 18.3. The lowest BCUT2D eigenvalue weighted by Gasteiger charge is -2.12. The predicted octanol–water partition coefficient (Wildman–Crippen LogP) is 4.86. The molecule has 34 heavy (non-hydrogen) atoms. The number of nitro benzene ring substituents is 1. The first-order valence-electron chi connectivity index (χ1n) is 10.9. The van der Waals surface area contributed by atoms with Crippen LogP contribution in [0.5, 0.6) is 0 Å². The first-order valence-corrected chi connectivity index (χ1v) is 10.9. The summed E-state index contributed by atoms with van der Waals surface area (Å²) >= 11 is 0. The third kappa shape index (κ3) is 6.93. The van der Waals surface area contributed by atoms with Crippen molar-refractivity contribution in [2.24, 2.45) is 5.92 Å². The zero-order valence-corrected chi connectivity index (χ0v) is 18.3. The van der Waals surface area contributed by atoms with Gasteiger partial charge in [0.1, 0.15) is 5.69 Å². The van der Waals surface area contributed by atoms with Gasteiger partial charge in [0.2, 0.25) is 11.8 Å². The average molecular weight is 478 g/mol. The van der Waals surface area contributed by atoms with Crippen molar-refractivity contribution >= 4 is 28.9 Å². The molecule has 1 fully saturated rings. The molecule has 0 spiro atoms. The number of carbonyl (C=O) groups is 2. The minimum atomic E-state index is -4.69. The lowest BCUT2D eigenvalue weighted by Crippen LogP contribution is -2.25. The molecule has 8 nitrogen and oxygen atoms in total. The standard InChI is InChI=1S/C23H25F3N4O4/c24-23(25,26)17-8-9-19(20(13-17)30(33)34)27-11-10-21(31)28-14-15-4-3-7-18(12-15)29-22(32)16-5-1-2-6-16/h3-4,7-9,12-13,16,27H,1-2,5-6,10-11,14H2,(H,28,31)(H,29,32). The number of anilines is 2. The molecular weight excluding hydrogens is 453 g/mol. The van der Waals surface area contributed by atoms with Crippen LogP contribution in [0, 0.1) is 16.0 Å². The molecule has 0 atom stereocenters. The van der Waals surface area contributed by atoms with Crippen molar-refractivity contribution in [1.82, 2.24) is 5.32 Å². The second-order valence-corrected chi connectivity index (χ2v) is 8.11. The summed E-state index contributed by atoms with van der Waals surface area (Å²) in [5.74, 6) is -0.305. The van der Waals surface area contributed by atoms with Gasteiger partial charge >= 0.3 is 6.18 Å². The Labute approximate surface area is 194 Å². The van der Waals surface area contributed by atoms with Gasteiger partial charge in [-0.05, 0) is 42.7 Å². The maximum Gasteiger partial charge on any atom is 0.416 e. The second-order valence-electron chi connectivity index (χ2n) is 8.11. The molecular formula is C23H25F3N4O4. The molecule has 0 saturated heterocycles. The van der Waals surface area contributed by atoms with Gasteiger partial charge in [-0.25, -0.2) is 0 Å². The number of carbonyl (C=O) groups excluding carboxylic acids is 2. The molecule has 0 aliphatic heterocycles. The number of halogens is 3. The Morgan fingerprint density at radius 1 is 1.09 bits per heavy atom. The molecule has 3 N–H and O–H groups in total. The molecule has 11 heteroatoms. The molecule has 0 bridgehead atoms. The highest BCUT2D eigenvalue weighted by Gasteiger charge is 2.33. The zero-order chi connectivity index (χ0) is 24.7. The van der Waals surface area contributed by atoms with Crippen LogP contribution in [0.4, 0.5) is 30.2 Å². The van der Waals surface area contributed by atoms with Crippen LogP contribution in [0.2, 0.25) is 0 Å². The molecule has 1 saturated carbocycles. The number of rotatable bonds is 9. The van der Waals surface area contributed by atoms with E-state index in [1.165, 1.54) is 0 Å². The minimum absolute atomic E-state index is 0.00196. The number of amides is 2. The van der Waals surface area contributed by atoms with Crippen LogP contribution in [-0.4, -0.2) is 23.3 Å². The van der Waals surface area contributed by atoms with E-state index in [-0.39, 0.29) is 42.9 Å². The van der Waals surface area contributed by atoms with E-state index in [1.54, 1.807) is 24.3 Å². The number of benzene rings is 2. The first kappa shape index (κ1) is 25.0. The summed E-state index contributed by atoms with van der Waals surface area (Å²) in [6, 6.07) is 9.31. The van der Waals surface area contributed by atoms with Crippen LogP contribution in [0.15, 0.2) is 42.5 Å².